The summed E-state index contributed by atoms with van der Waals surface area (Å²) in [6.07, 6.45) is 0. The van der Waals surface area contributed by atoms with E-state index >= 15 is 0 Å². The molecule has 0 fully saturated rings. The van der Waals surface area contributed by atoms with Crippen molar-refractivity contribution in [2.75, 3.05) is 4.90 Å². The first-order valence-electron chi connectivity index (χ1n) is 19.8. The van der Waals surface area contributed by atoms with Gasteiger partial charge in [0, 0.05) is 33.6 Å². The van der Waals surface area contributed by atoms with E-state index in [0.29, 0.717) is 0 Å². The Kier molecular flexibility index (Phi) is 9.27. The van der Waals surface area contributed by atoms with Crippen molar-refractivity contribution in [1.29, 1.82) is 0 Å². The third-order valence-electron chi connectivity index (χ3n) is 10.9. The maximum atomic E-state index is 6.74. The van der Waals surface area contributed by atoms with Gasteiger partial charge in [0.1, 0.15) is 11.3 Å². The smallest absolute Gasteiger partial charge is 0.143 e. The molecule has 0 amide bonds. The molecule has 1 heterocycles. The van der Waals surface area contributed by atoms with Crippen LogP contribution in [0.4, 0.5) is 17.1 Å². The molecule has 2 nitrogen and oxygen atoms in total. The molecule has 58 heavy (non-hydrogen) atoms. The molecule has 10 rings (SSSR count). The van der Waals surface area contributed by atoms with E-state index < -0.39 is 0 Å². The second-order valence-corrected chi connectivity index (χ2v) is 14.5. The van der Waals surface area contributed by atoms with Gasteiger partial charge in [-0.05, 0) is 98.6 Å². The van der Waals surface area contributed by atoms with Crippen LogP contribution in [0.1, 0.15) is 0 Å². The van der Waals surface area contributed by atoms with Crippen molar-refractivity contribution in [3.8, 4) is 67.0 Å². The van der Waals surface area contributed by atoms with E-state index in [2.05, 4.69) is 235 Å². The first-order valence-corrected chi connectivity index (χ1v) is 19.8. The molecule has 9 aromatic carbocycles. The molecule has 0 bridgehead atoms. The van der Waals surface area contributed by atoms with Crippen molar-refractivity contribution < 1.29 is 4.42 Å². The topological polar surface area (TPSA) is 16.4 Å². The molecule has 0 spiro atoms. The molecule has 2 heteroatoms. The van der Waals surface area contributed by atoms with Gasteiger partial charge < -0.3 is 9.32 Å². The predicted octanol–water partition coefficient (Wildman–Crippen LogP) is 15.9. The maximum Gasteiger partial charge on any atom is 0.143 e. The minimum absolute atomic E-state index is 0.868. The second-order valence-electron chi connectivity index (χ2n) is 14.5. The van der Waals surface area contributed by atoms with Gasteiger partial charge in [-0.1, -0.05) is 188 Å². The number of hydrogen-bond acceptors (Lipinski definition) is 2. The first kappa shape index (κ1) is 34.8. The lowest BCUT2D eigenvalue weighted by Gasteiger charge is -2.26. The lowest BCUT2D eigenvalue weighted by atomic mass is 9.91. The molecule has 0 aliphatic rings. The minimum atomic E-state index is 0.868. The molecular formula is C56H39NO. The number of benzene rings is 9. The lowest BCUT2D eigenvalue weighted by molar-refractivity contribution is 0.632. The summed E-state index contributed by atoms with van der Waals surface area (Å²) < 4.78 is 6.74. The van der Waals surface area contributed by atoms with Gasteiger partial charge in [0.15, 0.2) is 0 Å². The van der Waals surface area contributed by atoms with Crippen LogP contribution >= 0.6 is 0 Å². The molecule has 0 aliphatic carbocycles. The van der Waals surface area contributed by atoms with Crippen LogP contribution in [0.3, 0.4) is 0 Å². The van der Waals surface area contributed by atoms with Crippen molar-refractivity contribution in [1.82, 2.24) is 0 Å². The first-order chi connectivity index (χ1) is 28.8. The second kappa shape index (κ2) is 15.5. The number of nitrogens with zero attached hydrogens (tertiary/aromatic N) is 1. The molecule has 274 valence electrons. The summed E-state index contributed by atoms with van der Waals surface area (Å²) in [5.41, 5.74) is 16.8. The fourth-order valence-corrected chi connectivity index (χ4v) is 8.04. The van der Waals surface area contributed by atoms with Crippen molar-refractivity contribution in [2.45, 2.75) is 0 Å². The maximum absolute atomic E-state index is 6.74. The van der Waals surface area contributed by atoms with Crippen LogP contribution in [0.15, 0.2) is 241 Å². The number of furan rings is 1. The Morgan fingerprint density at radius 3 is 1.22 bits per heavy atom. The van der Waals surface area contributed by atoms with Crippen LogP contribution in [0.2, 0.25) is 0 Å². The Balaban J connectivity index is 1.02. The van der Waals surface area contributed by atoms with Gasteiger partial charge in [-0.15, -0.1) is 0 Å². The molecule has 0 saturated carbocycles. The molecule has 0 radical (unpaired) electrons. The molecule has 0 atom stereocenters. The fourth-order valence-electron chi connectivity index (χ4n) is 8.04. The summed E-state index contributed by atoms with van der Waals surface area (Å²) in [5.74, 6) is 0.868. The van der Waals surface area contributed by atoms with E-state index in [-0.39, 0.29) is 0 Å². The highest BCUT2D eigenvalue weighted by atomic mass is 16.3. The predicted molar refractivity (Wildman–Crippen MR) is 244 cm³/mol. The Morgan fingerprint density at radius 1 is 0.276 bits per heavy atom. The van der Waals surface area contributed by atoms with E-state index in [1.807, 2.05) is 6.07 Å². The largest absolute Gasteiger partial charge is 0.455 e. The minimum Gasteiger partial charge on any atom is -0.455 e. The van der Waals surface area contributed by atoms with Gasteiger partial charge >= 0.3 is 0 Å². The highest BCUT2D eigenvalue weighted by molar-refractivity contribution is 6.05. The SMILES string of the molecule is c1ccc(-c2ccc(N(c3ccc(-c4ccccc4)cc3)c3ccc(-c4cccc(-c5oc6ccccc6c5-c5ccccc5-c5ccccc5)c4)cc3)cc2)cc1. The van der Waals surface area contributed by atoms with Crippen molar-refractivity contribution in [2.24, 2.45) is 0 Å². The number of anilines is 3. The van der Waals surface area contributed by atoms with E-state index in [1.165, 1.54) is 33.4 Å². The third kappa shape index (κ3) is 6.78. The normalized spacial score (nSPS) is 11.1. The van der Waals surface area contributed by atoms with Crippen LogP contribution < -0.4 is 4.90 Å². The summed E-state index contributed by atoms with van der Waals surface area (Å²) in [4.78, 5) is 2.33. The summed E-state index contributed by atoms with van der Waals surface area (Å²) in [7, 11) is 0. The van der Waals surface area contributed by atoms with E-state index in [1.54, 1.807) is 0 Å². The molecule has 0 unspecified atom stereocenters. The zero-order valence-electron chi connectivity index (χ0n) is 31.9. The Bertz CT molecular complexity index is 2870. The van der Waals surface area contributed by atoms with Crippen LogP contribution in [0, 0.1) is 0 Å². The van der Waals surface area contributed by atoms with Gasteiger partial charge in [0.05, 0.1) is 0 Å². The molecule has 0 saturated heterocycles. The molecule has 1 aromatic heterocycles. The van der Waals surface area contributed by atoms with Crippen LogP contribution in [-0.4, -0.2) is 0 Å². The Morgan fingerprint density at radius 2 is 0.672 bits per heavy atom. The van der Waals surface area contributed by atoms with Gasteiger partial charge in [-0.3, -0.25) is 0 Å². The van der Waals surface area contributed by atoms with E-state index in [0.717, 1.165) is 61.6 Å². The highest BCUT2D eigenvalue weighted by Crippen LogP contribution is 2.45. The van der Waals surface area contributed by atoms with Gasteiger partial charge in [0.25, 0.3) is 0 Å². The van der Waals surface area contributed by atoms with Gasteiger partial charge in [0.2, 0.25) is 0 Å². The molecular weight excluding hydrogens is 703 g/mol. The van der Waals surface area contributed by atoms with E-state index in [4.69, 9.17) is 4.42 Å². The number of para-hydroxylation sites is 1. The number of hydrogen-bond donors (Lipinski definition) is 0. The monoisotopic (exact) mass is 741 g/mol. The average Bonchev–Trinajstić information content (AvgIpc) is 3.70. The number of rotatable bonds is 9. The van der Waals surface area contributed by atoms with Crippen LogP contribution in [-0.2, 0) is 0 Å². The fraction of sp³-hybridized carbons (Fsp3) is 0. The summed E-state index contributed by atoms with van der Waals surface area (Å²) >= 11 is 0. The quantitative estimate of drug-likeness (QED) is 0.146. The van der Waals surface area contributed by atoms with Gasteiger partial charge in [-0.25, -0.2) is 0 Å². The Labute approximate surface area is 339 Å². The Hall–Kier alpha value is -7.68. The summed E-state index contributed by atoms with van der Waals surface area (Å²) in [6.45, 7) is 0. The van der Waals surface area contributed by atoms with Crippen LogP contribution in [0.25, 0.3) is 77.9 Å². The zero-order chi connectivity index (χ0) is 38.7. The molecule has 0 aliphatic heterocycles. The van der Waals surface area contributed by atoms with Crippen molar-refractivity contribution in [3.63, 3.8) is 0 Å². The van der Waals surface area contributed by atoms with Crippen LogP contribution in [0.5, 0.6) is 0 Å². The third-order valence-corrected chi connectivity index (χ3v) is 10.9. The van der Waals surface area contributed by atoms with Gasteiger partial charge in [-0.2, -0.15) is 0 Å². The highest BCUT2D eigenvalue weighted by Gasteiger charge is 2.21. The summed E-state index contributed by atoms with van der Waals surface area (Å²) in [6, 6.07) is 84.0. The zero-order valence-corrected chi connectivity index (χ0v) is 31.9. The van der Waals surface area contributed by atoms with Crippen molar-refractivity contribution in [3.05, 3.63) is 237 Å². The van der Waals surface area contributed by atoms with Crippen molar-refractivity contribution >= 4 is 28.0 Å². The molecule has 10 aromatic rings. The average molecular weight is 742 g/mol. The van der Waals surface area contributed by atoms with E-state index in [9.17, 15) is 0 Å². The number of fused-ring (bicyclic) bond motifs is 1. The summed E-state index contributed by atoms with van der Waals surface area (Å²) in [5, 5.41) is 1.10. The molecule has 0 N–H and O–H groups in total. The lowest BCUT2D eigenvalue weighted by Crippen LogP contribution is -2.09. The standard InChI is InChI=1S/C56H39NO/c1-4-15-40(16-5-1)42-27-33-48(34-28-42)57(49-35-29-43(30-36-49)41-17-6-2-7-18-41)50-37-31-44(32-38-50)46-21-14-22-47(39-46)56-55(53-25-12-13-26-54(53)58-56)52-24-11-10-23-51(52)45-19-8-3-9-20-45/h1-39H.